The van der Waals surface area contributed by atoms with Gasteiger partial charge in [-0.1, -0.05) is 5.97 Å². The molecular weight excluding hydrogens is 444 g/mol. The monoisotopic (exact) mass is 453 g/mol. The van der Waals surface area contributed by atoms with Crippen LogP contribution in [0.4, 0.5) is 0 Å². The van der Waals surface area contributed by atoms with Gasteiger partial charge in [-0.05, 0) is 0 Å². The molecule has 0 aromatic heterocycles. The first-order valence-electron chi connectivity index (χ1n) is 4.18. The van der Waals surface area contributed by atoms with Crippen molar-refractivity contribution in [2.45, 2.75) is 0 Å². The van der Waals surface area contributed by atoms with Crippen LogP contribution in [0, 0.1) is 0 Å². The molecule has 0 spiro atoms. The van der Waals surface area contributed by atoms with Gasteiger partial charge < -0.3 is 53.7 Å². The molecule has 0 heterocycles. The first kappa shape index (κ1) is 56.5. The van der Waals surface area contributed by atoms with Crippen LogP contribution >= 0.6 is 0 Å². The molecule has 0 unspecified atom stereocenters. The van der Waals surface area contributed by atoms with E-state index in [1.807, 2.05) is 0 Å². The third-order valence-corrected chi connectivity index (χ3v) is 0.632. The fourth-order valence-electron chi connectivity index (χ4n) is 0. The maximum absolute atomic E-state index is 9.10. The van der Waals surface area contributed by atoms with Crippen molar-refractivity contribution in [3.63, 3.8) is 0 Å². The van der Waals surface area contributed by atoms with Crippen LogP contribution in [0.25, 0.3) is 0 Å². The Bertz CT molecular complexity index is 420. The molecule has 0 bridgehead atoms. The normalized spacial score (nSPS) is 5.86. The molecule has 0 aromatic rings. The van der Waals surface area contributed by atoms with Crippen molar-refractivity contribution in [1.82, 2.24) is 0 Å². The Kier molecular flexibility index (Phi) is 76.0. The first-order chi connectivity index (χ1) is 10.2. The molecule has 20 heteroatoms. The smallest absolute Gasteiger partial charge is 1.00 e. The third-order valence-electron chi connectivity index (χ3n) is 0.632. The Morgan fingerprint density at radius 2 is 0.607 bits per heavy atom. The number of carboxylic acid groups (broad SMARTS) is 7. The maximum Gasteiger partial charge on any atom is 1.00 e. The second-order valence-corrected chi connectivity index (χ2v) is 2.22. The van der Waals surface area contributed by atoms with Gasteiger partial charge >= 0.3 is 154 Å². The second kappa shape index (κ2) is 37.6. The van der Waals surface area contributed by atoms with E-state index in [-0.39, 0.29) is 127 Å². The minimum absolute atomic E-state index is 0. The Morgan fingerprint density at radius 3 is 0.607 bits per heavy atom. The van der Waals surface area contributed by atoms with Crippen LogP contribution in [0.15, 0.2) is 0 Å². The molecule has 0 saturated heterocycles. The van der Waals surface area contributed by atoms with Crippen molar-refractivity contribution in [3.8, 4) is 0 Å². The van der Waals surface area contributed by atoms with Crippen LogP contribution < -0.4 is 123 Å². The number of hydrogen-bond acceptors (Lipinski definition) is 10. The average molecular weight is 453 g/mol. The number of rotatable bonds is 1. The quantitative estimate of drug-likeness (QED) is 0.122. The number of carbonyl (C=O) groups excluding carboxylic acids is 2. The minimum Gasteiger partial charge on any atom is -1.00 e. The summed E-state index contributed by atoms with van der Waals surface area (Å²) in [4.78, 5) is 72.1. The van der Waals surface area contributed by atoms with E-state index in [2.05, 4.69) is 0 Å². The SMILES string of the molecule is O=C(O)C(=O)O.O=C(O)C(=O)O.O=C(O)C(=O)O.O=[C-]C(=O)[O-].[H-].[H-].[Na+].[Na+].[Na+].[Na+].[OH-]. The molecule has 0 aromatic carbocycles. The Morgan fingerprint density at radius 1 is 0.536 bits per heavy atom. The van der Waals surface area contributed by atoms with E-state index in [9.17, 15) is 0 Å². The van der Waals surface area contributed by atoms with E-state index in [0.29, 0.717) is 6.29 Å². The van der Waals surface area contributed by atoms with Crippen molar-refractivity contribution in [1.29, 1.82) is 0 Å². The van der Waals surface area contributed by atoms with Crippen molar-refractivity contribution in [2.24, 2.45) is 0 Å². The number of carbonyl (C=O) groups is 7. The summed E-state index contributed by atoms with van der Waals surface area (Å²) in [6, 6.07) is 0. The van der Waals surface area contributed by atoms with Gasteiger partial charge in [-0.2, -0.15) is 0 Å². The molecule has 0 amide bonds. The van der Waals surface area contributed by atoms with Crippen molar-refractivity contribution >= 4 is 48.1 Å². The Labute approximate surface area is 245 Å². The summed E-state index contributed by atoms with van der Waals surface area (Å²) < 4.78 is 0. The molecule has 0 atom stereocenters. The van der Waals surface area contributed by atoms with Gasteiger partial charge in [-0.25, -0.2) is 35.1 Å². The molecule has 28 heavy (non-hydrogen) atoms. The molecule has 0 saturated carbocycles. The molecule has 0 aliphatic heterocycles. The molecule has 7 N–H and O–H groups in total. The Hall–Kier alpha value is -0.0800. The van der Waals surface area contributed by atoms with Gasteiger partial charge in [-0.3, -0.25) is 0 Å². The second-order valence-electron chi connectivity index (χ2n) is 2.22. The third kappa shape index (κ3) is 83.1. The summed E-state index contributed by atoms with van der Waals surface area (Å²) in [7, 11) is 0. The van der Waals surface area contributed by atoms with Gasteiger partial charge in [0.15, 0.2) is 0 Å². The summed E-state index contributed by atoms with van der Waals surface area (Å²) >= 11 is 0. The minimum atomic E-state index is -1.82. The van der Waals surface area contributed by atoms with E-state index in [1.165, 1.54) is 0 Å². The molecule has 0 rings (SSSR count). The van der Waals surface area contributed by atoms with Crippen LogP contribution in [0.2, 0.25) is 0 Å². The van der Waals surface area contributed by atoms with Crippen LogP contribution in [-0.4, -0.2) is 84.2 Å². The van der Waals surface area contributed by atoms with E-state index in [0.717, 1.165) is 0 Å². The zero-order valence-electron chi connectivity index (χ0n) is 16.8. The fourth-order valence-corrected chi connectivity index (χ4v) is 0. The fraction of sp³-hybridized carbons (Fsp3) is 0. The van der Waals surface area contributed by atoms with E-state index < -0.39 is 41.8 Å². The van der Waals surface area contributed by atoms with Crippen LogP contribution in [0.1, 0.15) is 2.85 Å². The van der Waals surface area contributed by atoms with Gasteiger partial charge in [0.05, 0.1) is 0 Å². The van der Waals surface area contributed by atoms with Gasteiger partial charge in [0, 0.05) is 0 Å². The molecule has 0 aliphatic carbocycles. The molecule has 142 valence electrons. The van der Waals surface area contributed by atoms with Crippen molar-refractivity contribution < 1.29 is 201 Å². The number of hydrogen-bond donors (Lipinski definition) is 6. The van der Waals surface area contributed by atoms with E-state index in [1.54, 1.807) is 0 Å². The van der Waals surface area contributed by atoms with Crippen LogP contribution in [0.3, 0.4) is 0 Å². The zero-order chi connectivity index (χ0) is 19.7. The number of aliphatic carboxylic acids is 7. The molecular formula is C8H9Na4O16-. The predicted molar refractivity (Wildman–Crippen MR) is 60.7 cm³/mol. The van der Waals surface area contributed by atoms with Crippen molar-refractivity contribution in [3.05, 3.63) is 0 Å². The van der Waals surface area contributed by atoms with E-state index in [4.69, 9.17) is 74.1 Å². The first-order valence-corrected chi connectivity index (χ1v) is 4.18. The summed E-state index contributed by atoms with van der Waals surface area (Å²) in [5, 5.41) is 53.2. The largest absolute Gasteiger partial charge is 1.00 e. The van der Waals surface area contributed by atoms with Crippen LogP contribution in [-0.2, 0) is 38.4 Å². The van der Waals surface area contributed by atoms with Gasteiger partial charge in [0.25, 0.3) is 0 Å². The topological polar surface area (TPSA) is 311 Å². The molecule has 0 radical (unpaired) electrons. The molecule has 0 aliphatic rings. The van der Waals surface area contributed by atoms with Crippen molar-refractivity contribution in [2.75, 3.05) is 0 Å². The standard InChI is InChI=1S/3C2H2O4.C2HO3.4Na.H2O.2H/c3*3-1(4)2(5)6;3-1-2(4)5;;;;;;;/h3*(H,3,4)(H,5,6);(H,4,5);;;;;1H2;;/q;;;-1;4*+1;;2*-1/p-2. The number of carboxylic acids is 7. The predicted octanol–water partition coefficient (Wildman–Crippen LogP) is -16.6. The summed E-state index contributed by atoms with van der Waals surface area (Å²) in [5.74, 6) is -12.7. The average Bonchev–Trinajstić information content (AvgIpc) is 2.40. The molecule has 0 fully saturated rings. The summed E-state index contributed by atoms with van der Waals surface area (Å²) in [5.41, 5.74) is 0. The molecule has 16 nitrogen and oxygen atoms in total. The summed E-state index contributed by atoms with van der Waals surface area (Å²) in [6.45, 7) is 0. The van der Waals surface area contributed by atoms with Gasteiger partial charge in [0.2, 0.25) is 0 Å². The van der Waals surface area contributed by atoms with E-state index >= 15 is 0 Å². The Balaban J connectivity index is -0.0000000166. The van der Waals surface area contributed by atoms with Crippen LogP contribution in [0.5, 0.6) is 0 Å². The summed E-state index contributed by atoms with van der Waals surface area (Å²) in [6.07, 6.45) is 0.583. The van der Waals surface area contributed by atoms with Gasteiger partial charge in [-0.15, -0.1) is 0 Å². The van der Waals surface area contributed by atoms with Gasteiger partial charge in [0.1, 0.15) is 0 Å². The maximum atomic E-state index is 9.10. The zero-order valence-corrected chi connectivity index (χ0v) is 22.8.